The van der Waals surface area contributed by atoms with Crippen LogP contribution in [-0.2, 0) is 4.74 Å². The standard InChI is InChI=1S/C37H35N7O5/c1-22(2)31-21-33(44(43-31)26-12-10-23(3)11-13-26)41-37(46)40-30-14-15-32(29-9-7-6-8-28(29)30)49-34-16-17-38-36(42-34)39-25-18-24(35(45)48-5)19-27(20-25)47-4/h6-22H,1-5H3,(H,38,39,42)(H2,40,41,46). The molecule has 0 saturated carbocycles. The summed E-state index contributed by atoms with van der Waals surface area (Å²) in [6, 6.07) is 27.1. The molecular formula is C37H35N7O5. The third-order valence-corrected chi connectivity index (χ3v) is 7.64. The molecule has 0 atom stereocenters. The molecule has 0 radical (unpaired) electrons. The number of anilines is 4. The zero-order valence-corrected chi connectivity index (χ0v) is 27.6. The summed E-state index contributed by atoms with van der Waals surface area (Å²) < 4.78 is 18.1. The van der Waals surface area contributed by atoms with Gasteiger partial charge in [0.15, 0.2) is 0 Å². The first-order chi connectivity index (χ1) is 23.7. The van der Waals surface area contributed by atoms with Gasteiger partial charge in [-0.2, -0.15) is 10.1 Å². The molecule has 0 bridgehead atoms. The number of hydrogen-bond donors (Lipinski definition) is 3. The van der Waals surface area contributed by atoms with Crippen LogP contribution in [-0.4, -0.2) is 46.0 Å². The number of nitrogens with zero attached hydrogens (tertiary/aromatic N) is 4. The molecule has 4 aromatic carbocycles. The van der Waals surface area contributed by atoms with Crippen molar-refractivity contribution in [1.29, 1.82) is 0 Å². The van der Waals surface area contributed by atoms with Crippen LogP contribution < -0.4 is 25.4 Å². The van der Waals surface area contributed by atoms with Crippen molar-refractivity contribution in [3.8, 4) is 23.1 Å². The minimum Gasteiger partial charge on any atom is -0.497 e. The lowest BCUT2D eigenvalue weighted by Gasteiger charge is -2.14. The zero-order valence-electron chi connectivity index (χ0n) is 27.6. The van der Waals surface area contributed by atoms with Crippen LogP contribution in [0.5, 0.6) is 17.4 Å². The molecule has 0 aliphatic carbocycles. The molecule has 0 aliphatic heterocycles. The molecule has 0 aliphatic rings. The monoisotopic (exact) mass is 657 g/mol. The number of carbonyl (C=O) groups excluding carboxylic acids is 2. The zero-order chi connectivity index (χ0) is 34.5. The number of hydrogen-bond acceptors (Lipinski definition) is 9. The highest BCUT2D eigenvalue weighted by Crippen LogP contribution is 2.34. The molecule has 49 heavy (non-hydrogen) atoms. The smallest absolute Gasteiger partial charge is 0.338 e. The number of benzene rings is 4. The van der Waals surface area contributed by atoms with E-state index in [1.54, 1.807) is 47.3 Å². The van der Waals surface area contributed by atoms with Crippen molar-refractivity contribution in [2.75, 3.05) is 30.2 Å². The van der Waals surface area contributed by atoms with Crippen LogP contribution in [0, 0.1) is 6.92 Å². The predicted molar refractivity (Wildman–Crippen MR) is 189 cm³/mol. The first kappa shape index (κ1) is 32.5. The van der Waals surface area contributed by atoms with E-state index >= 15 is 0 Å². The Kier molecular flexibility index (Phi) is 9.38. The molecule has 0 unspecified atom stereocenters. The number of amides is 2. The van der Waals surface area contributed by atoms with E-state index < -0.39 is 12.0 Å². The number of carbonyl (C=O) groups is 2. The van der Waals surface area contributed by atoms with Crippen LogP contribution in [0.15, 0.2) is 97.2 Å². The van der Waals surface area contributed by atoms with Gasteiger partial charge >= 0.3 is 12.0 Å². The minimum atomic E-state index is -0.503. The molecule has 0 spiro atoms. The maximum atomic E-state index is 13.4. The third-order valence-electron chi connectivity index (χ3n) is 7.64. The van der Waals surface area contributed by atoms with Gasteiger partial charge < -0.3 is 24.8 Å². The molecule has 6 aromatic rings. The summed E-state index contributed by atoms with van der Waals surface area (Å²) in [5.41, 5.74) is 4.27. The highest BCUT2D eigenvalue weighted by molar-refractivity contribution is 6.07. The first-order valence-corrected chi connectivity index (χ1v) is 15.5. The van der Waals surface area contributed by atoms with Crippen molar-refractivity contribution in [2.24, 2.45) is 0 Å². The summed E-state index contributed by atoms with van der Waals surface area (Å²) in [4.78, 5) is 34.3. The highest BCUT2D eigenvalue weighted by atomic mass is 16.5. The molecule has 2 aromatic heterocycles. The Morgan fingerprint density at radius 1 is 0.857 bits per heavy atom. The lowest BCUT2D eigenvalue weighted by atomic mass is 10.1. The van der Waals surface area contributed by atoms with E-state index in [4.69, 9.17) is 19.3 Å². The van der Waals surface area contributed by atoms with Crippen LogP contribution in [0.1, 0.15) is 41.4 Å². The van der Waals surface area contributed by atoms with E-state index in [0.29, 0.717) is 34.3 Å². The topological polar surface area (TPSA) is 142 Å². The lowest BCUT2D eigenvalue weighted by Crippen LogP contribution is -2.21. The average Bonchev–Trinajstić information content (AvgIpc) is 3.53. The van der Waals surface area contributed by atoms with Crippen LogP contribution >= 0.6 is 0 Å². The molecule has 2 amide bonds. The Morgan fingerprint density at radius 2 is 1.63 bits per heavy atom. The van der Waals surface area contributed by atoms with Gasteiger partial charge in [0.2, 0.25) is 11.8 Å². The number of aromatic nitrogens is 4. The molecule has 6 rings (SSSR count). The number of fused-ring (bicyclic) bond motifs is 1. The maximum Gasteiger partial charge on any atom is 0.338 e. The number of methoxy groups -OCH3 is 2. The summed E-state index contributed by atoms with van der Waals surface area (Å²) in [7, 11) is 2.82. The van der Waals surface area contributed by atoms with Gasteiger partial charge in [0.25, 0.3) is 0 Å². The van der Waals surface area contributed by atoms with Gasteiger partial charge in [-0.1, -0.05) is 55.8 Å². The van der Waals surface area contributed by atoms with E-state index in [9.17, 15) is 9.59 Å². The quantitative estimate of drug-likeness (QED) is 0.124. The second-order valence-corrected chi connectivity index (χ2v) is 11.5. The van der Waals surface area contributed by atoms with Crippen LogP contribution in [0.2, 0.25) is 0 Å². The summed E-state index contributed by atoms with van der Waals surface area (Å²) in [5, 5.41) is 15.3. The van der Waals surface area contributed by atoms with E-state index in [1.807, 2.05) is 61.5 Å². The van der Waals surface area contributed by atoms with E-state index in [2.05, 4.69) is 39.8 Å². The molecule has 12 nitrogen and oxygen atoms in total. The SMILES string of the molecule is COC(=O)c1cc(Nc2nccc(Oc3ccc(NC(=O)Nc4cc(C(C)C)nn4-c4ccc(C)cc4)c4ccccc34)n2)cc(OC)c1. The second kappa shape index (κ2) is 14.1. The van der Waals surface area contributed by atoms with Gasteiger partial charge in [-0.15, -0.1) is 0 Å². The highest BCUT2D eigenvalue weighted by Gasteiger charge is 2.17. The van der Waals surface area contributed by atoms with Crippen molar-refractivity contribution in [3.63, 3.8) is 0 Å². The fourth-order valence-corrected chi connectivity index (χ4v) is 5.12. The van der Waals surface area contributed by atoms with Crippen LogP contribution in [0.25, 0.3) is 16.5 Å². The Labute approximate surface area is 283 Å². The van der Waals surface area contributed by atoms with Gasteiger partial charge in [-0.05, 0) is 49.2 Å². The van der Waals surface area contributed by atoms with Crippen molar-refractivity contribution in [1.82, 2.24) is 19.7 Å². The predicted octanol–water partition coefficient (Wildman–Crippen LogP) is 8.22. The number of aryl methyl sites for hydroxylation is 1. The van der Waals surface area contributed by atoms with E-state index in [-0.39, 0.29) is 17.7 Å². The number of rotatable bonds is 10. The van der Waals surface area contributed by atoms with Crippen LogP contribution in [0.3, 0.4) is 0 Å². The molecule has 3 N–H and O–H groups in total. The third kappa shape index (κ3) is 7.43. The molecule has 2 heterocycles. The Hall–Kier alpha value is -6.43. The van der Waals surface area contributed by atoms with Crippen molar-refractivity contribution < 1.29 is 23.8 Å². The molecule has 248 valence electrons. The van der Waals surface area contributed by atoms with Crippen molar-refractivity contribution in [2.45, 2.75) is 26.7 Å². The van der Waals surface area contributed by atoms with Gasteiger partial charge in [-0.3, -0.25) is 5.32 Å². The maximum absolute atomic E-state index is 13.4. The number of urea groups is 1. The Bertz CT molecular complexity index is 2140. The summed E-state index contributed by atoms with van der Waals surface area (Å²) in [6.07, 6.45) is 1.56. The van der Waals surface area contributed by atoms with Gasteiger partial charge in [0, 0.05) is 40.9 Å². The number of nitrogens with one attached hydrogen (secondary N) is 3. The summed E-state index contributed by atoms with van der Waals surface area (Å²) in [5.74, 6) is 1.74. The minimum absolute atomic E-state index is 0.176. The normalized spacial score (nSPS) is 10.9. The number of esters is 1. The van der Waals surface area contributed by atoms with E-state index in [1.165, 1.54) is 14.2 Å². The van der Waals surface area contributed by atoms with Crippen molar-refractivity contribution in [3.05, 3.63) is 114 Å². The van der Waals surface area contributed by atoms with Gasteiger partial charge in [0.1, 0.15) is 17.3 Å². The molecular weight excluding hydrogens is 622 g/mol. The summed E-state index contributed by atoms with van der Waals surface area (Å²) >= 11 is 0. The largest absolute Gasteiger partial charge is 0.497 e. The van der Waals surface area contributed by atoms with Crippen LogP contribution in [0.4, 0.5) is 27.9 Å². The fourth-order valence-electron chi connectivity index (χ4n) is 5.12. The van der Waals surface area contributed by atoms with Gasteiger partial charge in [0.05, 0.1) is 36.9 Å². The molecule has 0 fully saturated rings. The number of ether oxygens (including phenoxy) is 3. The average molecular weight is 658 g/mol. The fraction of sp³-hybridized carbons (Fsp3) is 0.162. The van der Waals surface area contributed by atoms with Gasteiger partial charge in [-0.25, -0.2) is 19.3 Å². The lowest BCUT2D eigenvalue weighted by molar-refractivity contribution is 0.0600. The van der Waals surface area contributed by atoms with E-state index in [0.717, 1.165) is 27.7 Å². The second-order valence-electron chi connectivity index (χ2n) is 11.5. The molecule has 12 heteroatoms. The first-order valence-electron chi connectivity index (χ1n) is 15.5. The Morgan fingerprint density at radius 3 is 2.37 bits per heavy atom. The molecule has 0 saturated heterocycles. The summed E-state index contributed by atoms with van der Waals surface area (Å²) in [6.45, 7) is 6.14. The van der Waals surface area contributed by atoms with Crippen molar-refractivity contribution >= 4 is 45.9 Å². The Balaban J connectivity index is 1.22.